The summed E-state index contributed by atoms with van der Waals surface area (Å²) >= 11 is 0. The van der Waals surface area contributed by atoms with Gasteiger partial charge in [0.05, 0.1) is 20.0 Å². The second-order valence-electron chi connectivity index (χ2n) is 22.7. The lowest BCUT2D eigenvalue weighted by Gasteiger charge is -2.43. The molecule has 1 radical (unpaired) electrons. The van der Waals surface area contributed by atoms with E-state index >= 15 is 0 Å². The van der Waals surface area contributed by atoms with Gasteiger partial charge in [-0.3, -0.25) is 0 Å². The first-order valence-electron chi connectivity index (χ1n) is 23.0. The minimum atomic E-state index is -1.93. The van der Waals surface area contributed by atoms with Crippen molar-refractivity contribution in [2.24, 2.45) is 0 Å². The molecule has 317 valence electrons. The molecule has 0 saturated carbocycles. The van der Waals surface area contributed by atoms with Crippen molar-refractivity contribution in [1.82, 2.24) is 0 Å². The Bertz CT molecular complexity index is 2180. The predicted molar refractivity (Wildman–Crippen MR) is 264 cm³/mol. The molecule has 0 saturated heterocycles. The molecule has 0 spiro atoms. The average Bonchev–Trinajstić information content (AvgIpc) is 3.76. The molecule has 8 rings (SSSR count). The Morgan fingerprint density at radius 2 is 0.967 bits per heavy atom. The van der Waals surface area contributed by atoms with Crippen molar-refractivity contribution >= 4 is 25.4 Å². The number of fused-ring (bicyclic) bond motifs is 2. The van der Waals surface area contributed by atoms with Crippen molar-refractivity contribution in [2.75, 3.05) is 0 Å². The summed E-state index contributed by atoms with van der Waals surface area (Å²) in [6.45, 7) is 35.8. The number of allylic oxidation sites excluding steroid dienone is 16. The van der Waals surface area contributed by atoms with E-state index in [0.29, 0.717) is 11.1 Å². The monoisotopic (exact) mass is 849 g/mol. The van der Waals surface area contributed by atoms with Gasteiger partial charge >= 0.3 is 0 Å². The van der Waals surface area contributed by atoms with Crippen molar-refractivity contribution in [2.45, 2.75) is 172 Å². The number of hydrogen-bond acceptors (Lipinski definition) is 2. The number of hydrogen-bond donors (Lipinski definition) is 0. The molecule has 60 heavy (non-hydrogen) atoms. The van der Waals surface area contributed by atoms with Crippen LogP contribution in [0.5, 0.6) is 0 Å². The van der Waals surface area contributed by atoms with Crippen molar-refractivity contribution < 1.29 is 8.85 Å². The average molecular weight is 850 g/mol. The van der Waals surface area contributed by atoms with Crippen LogP contribution in [-0.2, 0) is 32.9 Å². The van der Waals surface area contributed by atoms with Gasteiger partial charge in [0.2, 0.25) is 0 Å². The number of aryl methyl sites for hydroxylation is 2. The summed E-state index contributed by atoms with van der Waals surface area (Å²) in [6.07, 6.45) is 28.4. The van der Waals surface area contributed by atoms with Gasteiger partial charge in [-0.15, -0.1) is 0 Å². The Kier molecular flexibility index (Phi) is 10.9. The lowest BCUT2D eigenvalue weighted by Crippen LogP contribution is -2.46. The van der Waals surface area contributed by atoms with Crippen LogP contribution in [0.3, 0.4) is 0 Å². The van der Waals surface area contributed by atoms with Gasteiger partial charge in [0.25, 0.3) is 0 Å². The van der Waals surface area contributed by atoms with Gasteiger partial charge in [0, 0.05) is 11.8 Å². The van der Waals surface area contributed by atoms with Gasteiger partial charge in [-0.05, 0) is 156 Å². The fourth-order valence-electron chi connectivity index (χ4n) is 11.1. The maximum absolute atomic E-state index is 7.17. The van der Waals surface area contributed by atoms with Crippen LogP contribution in [0.1, 0.15) is 127 Å². The van der Waals surface area contributed by atoms with Gasteiger partial charge in [0.1, 0.15) is 0 Å². The molecule has 2 nitrogen and oxygen atoms in total. The molecule has 6 atom stereocenters. The Labute approximate surface area is 368 Å². The molecule has 0 N–H and O–H groups in total. The molecule has 0 bridgehead atoms. The van der Waals surface area contributed by atoms with Gasteiger partial charge in [-0.1, -0.05) is 156 Å². The lowest BCUT2D eigenvalue weighted by atomic mass is 9.87. The summed E-state index contributed by atoms with van der Waals surface area (Å²) in [6, 6.07) is 14.7. The summed E-state index contributed by atoms with van der Waals surface area (Å²) in [5, 5.41) is 0.370. The molecule has 0 amide bonds. The zero-order valence-corrected chi connectivity index (χ0v) is 42.7. The molecule has 2 aromatic rings. The molecule has 5 heteroatoms. The molecule has 6 aliphatic carbocycles. The van der Waals surface area contributed by atoms with E-state index in [1.54, 1.807) is 11.1 Å². The number of rotatable bonds is 8. The molecule has 0 aromatic heterocycles. The summed E-state index contributed by atoms with van der Waals surface area (Å²) in [5.41, 5.74) is 18.2. The van der Waals surface area contributed by atoms with E-state index in [-0.39, 0.29) is 33.1 Å². The Morgan fingerprint density at radius 1 is 0.583 bits per heavy atom. The van der Waals surface area contributed by atoms with Gasteiger partial charge in [0.15, 0.2) is 16.6 Å². The Balaban J connectivity index is 1.07. The molecular formula is C55H73O2Si3. The topological polar surface area (TPSA) is 18.5 Å². The molecule has 6 aliphatic rings. The smallest absolute Gasteiger partial charge is 0.193 e. The highest BCUT2D eigenvalue weighted by molar-refractivity contribution is 6.74. The fourth-order valence-corrected chi connectivity index (χ4v) is 17.9. The molecule has 2 aromatic carbocycles. The van der Waals surface area contributed by atoms with Crippen LogP contribution < -0.4 is 0 Å². The second-order valence-corrected chi connectivity index (χ2v) is 34.8. The summed E-state index contributed by atoms with van der Waals surface area (Å²) in [5.74, 6) is 0.497. The summed E-state index contributed by atoms with van der Waals surface area (Å²) < 4.78 is 14.3. The van der Waals surface area contributed by atoms with E-state index in [0.717, 1.165) is 25.7 Å². The SMILES string of the molecule is CC1=CC2=C(C=CC=CC2c2ccc3c(c2)CCC3(C)O[Si](C)(C)C(C)(C)C)C1[Si](C)C1C(C)=CC2=C1C=CC=CC2c1ccc2c(c1)CCC2(C)O[Si](C)(C)C(C)(C)C. The fraction of sp³-hybridized carbons (Fsp3) is 0.491. The van der Waals surface area contributed by atoms with Crippen molar-refractivity contribution in [1.29, 1.82) is 0 Å². The van der Waals surface area contributed by atoms with Crippen LogP contribution in [0, 0.1) is 0 Å². The second kappa shape index (κ2) is 15.0. The van der Waals surface area contributed by atoms with Crippen LogP contribution in [0.2, 0.25) is 53.9 Å². The van der Waals surface area contributed by atoms with E-state index in [9.17, 15) is 0 Å². The number of benzene rings is 2. The van der Waals surface area contributed by atoms with E-state index in [4.69, 9.17) is 8.85 Å². The third-order valence-corrected chi connectivity index (χ3v) is 28.9. The third kappa shape index (κ3) is 7.40. The standard InChI is InChI=1S/C55H73O2Si3/c1-36-32-46-42(38-24-26-48-40(34-38)28-30-54(48,9)56-59(12,13)52(3,4)5)20-16-18-22-44(46)50(36)58(11)51-37(2)33-47-43(21-17-19-23-45(47)51)39-25-27-49-41(35-39)29-31-55(49,10)57-60(14,15)53(6,7)8/h16-27,32-35,42-43,50-51H,28-31H2,1-15H3. The largest absolute Gasteiger partial charge is 0.408 e. The van der Waals surface area contributed by atoms with Gasteiger partial charge in [-0.2, -0.15) is 0 Å². The van der Waals surface area contributed by atoms with Crippen molar-refractivity contribution in [3.63, 3.8) is 0 Å². The van der Waals surface area contributed by atoms with E-state index in [1.807, 2.05) is 0 Å². The normalized spacial score (nSPS) is 28.9. The van der Waals surface area contributed by atoms with Crippen LogP contribution in [0.15, 0.2) is 131 Å². The van der Waals surface area contributed by atoms with Gasteiger partial charge in [-0.25, -0.2) is 0 Å². The molecule has 0 heterocycles. The molecule has 0 fully saturated rings. The maximum Gasteiger partial charge on any atom is 0.193 e. The summed E-state index contributed by atoms with van der Waals surface area (Å²) in [4.78, 5) is 0. The first-order chi connectivity index (χ1) is 27.9. The van der Waals surface area contributed by atoms with Crippen molar-refractivity contribution in [3.8, 4) is 0 Å². The van der Waals surface area contributed by atoms with E-state index < -0.39 is 25.4 Å². The molecule has 0 aliphatic heterocycles. The minimum Gasteiger partial charge on any atom is -0.408 e. The Hall–Kier alpha value is -3.07. The van der Waals surface area contributed by atoms with Crippen molar-refractivity contribution in [3.05, 3.63) is 164 Å². The first-order valence-corrected chi connectivity index (χ1v) is 31.0. The van der Waals surface area contributed by atoms with Crippen LogP contribution in [0.25, 0.3) is 0 Å². The highest BCUT2D eigenvalue weighted by Crippen LogP contribution is 2.55. The quantitative estimate of drug-likeness (QED) is 0.246. The lowest BCUT2D eigenvalue weighted by molar-refractivity contribution is 0.0713. The zero-order valence-electron chi connectivity index (χ0n) is 39.7. The van der Waals surface area contributed by atoms with Crippen LogP contribution in [0.4, 0.5) is 0 Å². The molecular weight excluding hydrogens is 777 g/mol. The van der Waals surface area contributed by atoms with E-state index in [1.165, 1.54) is 55.7 Å². The van der Waals surface area contributed by atoms with Crippen LogP contribution >= 0.6 is 0 Å². The third-order valence-electron chi connectivity index (χ3n) is 16.4. The first kappa shape index (κ1) is 43.6. The van der Waals surface area contributed by atoms with Gasteiger partial charge < -0.3 is 8.85 Å². The van der Waals surface area contributed by atoms with E-state index in [2.05, 4.69) is 199 Å². The molecule has 6 unspecified atom stereocenters. The van der Waals surface area contributed by atoms with Crippen LogP contribution in [-0.4, -0.2) is 25.4 Å². The highest BCUT2D eigenvalue weighted by Gasteiger charge is 2.48. The maximum atomic E-state index is 7.17. The summed E-state index contributed by atoms with van der Waals surface area (Å²) in [7, 11) is -4.82. The highest BCUT2D eigenvalue weighted by atomic mass is 28.4. The predicted octanol–water partition coefficient (Wildman–Crippen LogP) is 15.6. The minimum absolute atomic E-state index is 0.185. The Morgan fingerprint density at radius 3 is 1.33 bits per heavy atom. The zero-order chi connectivity index (χ0) is 43.4.